The van der Waals surface area contributed by atoms with Gasteiger partial charge in [0.2, 0.25) is 0 Å². The molecule has 3 nitrogen and oxygen atoms in total. The van der Waals surface area contributed by atoms with Crippen molar-refractivity contribution in [2.24, 2.45) is 0 Å². The highest BCUT2D eigenvalue weighted by molar-refractivity contribution is 7.97. The monoisotopic (exact) mass is 327 g/mol. The molecule has 0 aliphatic carbocycles. The Morgan fingerprint density at radius 1 is 1.05 bits per heavy atom. The molecular formula is C14H11Cl2NO2S. The van der Waals surface area contributed by atoms with Gasteiger partial charge in [-0.15, -0.1) is 0 Å². The van der Waals surface area contributed by atoms with Gasteiger partial charge < -0.3 is 0 Å². The van der Waals surface area contributed by atoms with Gasteiger partial charge in [0.05, 0.1) is 4.92 Å². The Hall–Kier alpha value is -1.23. The van der Waals surface area contributed by atoms with Crippen LogP contribution in [0.1, 0.15) is 11.1 Å². The van der Waals surface area contributed by atoms with Gasteiger partial charge in [-0.1, -0.05) is 35.3 Å². The lowest BCUT2D eigenvalue weighted by Gasteiger charge is -2.05. The Balaban J connectivity index is 1.98. The van der Waals surface area contributed by atoms with E-state index in [1.54, 1.807) is 17.8 Å². The molecule has 0 aromatic heterocycles. The third-order valence-electron chi connectivity index (χ3n) is 2.68. The Bertz CT molecular complexity index is 617. The summed E-state index contributed by atoms with van der Waals surface area (Å²) in [6.07, 6.45) is 0. The summed E-state index contributed by atoms with van der Waals surface area (Å²) in [5, 5.41) is 12.0. The maximum atomic E-state index is 10.7. The minimum absolute atomic E-state index is 0.0662. The second kappa shape index (κ2) is 6.97. The van der Waals surface area contributed by atoms with Crippen LogP contribution in [0.4, 0.5) is 5.69 Å². The average Bonchev–Trinajstić information content (AvgIpc) is 2.43. The van der Waals surface area contributed by atoms with E-state index in [0.717, 1.165) is 16.9 Å². The van der Waals surface area contributed by atoms with Crippen molar-refractivity contribution < 1.29 is 4.92 Å². The van der Waals surface area contributed by atoms with Gasteiger partial charge in [0, 0.05) is 33.7 Å². The average molecular weight is 328 g/mol. The minimum Gasteiger partial charge on any atom is -0.258 e. The largest absolute Gasteiger partial charge is 0.269 e. The lowest BCUT2D eigenvalue weighted by atomic mass is 10.2. The van der Waals surface area contributed by atoms with Crippen molar-refractivity contribution in [3.63, 3.8) is 0 Å². The molecule has 2 rings (SSSR count). The van der Waals surface area contributed by atoms with Crippen molar-refractivity contribution in [2.75, 3.05) is 0 Å². The molecule has 0 atom stereocenters. The summed E-state index contributed by atoms with van der Waals surface area (Å²) in [4.78, 5) is 10.3. The lowest BCUT2D eigenvalue weighted by Crippen LogP contribution is -1.91. The van der Waals surface area contributed by atoms with Crippen molar-refractivity contribution in [2.45, 2.75) is 11.5 Å². The molecular weight excluding hydrogens is 317 g/mol. The Morgan fingerprint density at radius 3 is 2.40 bits per heavy atom. The standard InChI is InChI=1S/C14H11Cl2NO2S/c15-12-3-1-10(2-4-12)8-20-9-11-7-13(17(18)19)5-6-14(11)16/h1-7H,8-9H2. The van der Waals surface area contributed by atoms with Crippen LogP contribution in [-0.2, 0) is 11.5 Å². The van der Waals surface area contributed by atoms with Crippen molar-refractivity contribution in [1.29, 1.82) is 0 Å². The molecule has 0 N–H and O–H groups in total. The van der Waals surface area contributed by atoms with Gasteiger partial charge in [-0.05, 0) is 29.3 Å². The molecule has 104 valence electrons. The van der Waals surface area contributed by atoms with E-state index in [2.05, 4.69) is 0 Å². The Kier molecular flexibility index (Phi) is 5.29. The second-order valence-corrected chi connectivity index (χ2v) is 5.98. The summed E-state index contributed by atoms with van der Waals surface area (Å²) < 4.78 is 0. The summed E-state index contributed by atoms with van der Waals surface area (Å²) in [5.74, 6) is 1.43. The number of benzene rings is 2. The molecule has 0 amide bonds. The number of halogens is 2. The summed E-state index contributed by atoms with van der Waals surface area (Å²) in [5.41, 5.74) is 2.00. The molecule has 0 radical (unpaired) electrons. The zero-order valence-electron chi connectivity index (χ0n) is 10.4. The number of non-ortho nitro benzene ring substituents is 1. The zero-order chi connectivity index (χ0) is 14.5. The molecule has 6 heteroatoms. The predicted octanol–water partition coefficient (Wildman–Crippen LogP) is 5.34. The third-order valence-corrected chi connectivity index (χ3v) is 4.35. The van der Waals surface area contributed by atoms with E-state index in [4.69, 9.17) is 23.2 Å². The molecule has 0 aliphatic heterocycles. The molecule has 2 aromatic rings. The smallest absolute Gasteiger partial charge is 0.258 e. The van der Waals surface area contributed by atoms with E-state index in [1.807, 2.05) is 24.3 Å². The highest BCUT2D eigenvalue weighted by atomic mass is 35.5. The highest BCUT2D eigenvalue weighted by Gasteiger charge is 2.09. The molecule has 2 aromatic carbocycles. The molecule has 0 spiro atoms. The SMILES string of the molecule is O=[N+]([O-])c1ccc(Cl)c(CSCc2ccc(Cl)cc2)c1. The number of hydrogen-bond donors (Lipinski definition) is 0. The molecule has 0 heterocycles. The first-order chi connectivity index (χ1) is 9.56. The fourth-order valence-electron chi connectivity index (χ4n) is 1.64. The van der Waals surface area contributed by atoms with Gasteiger partial charge in [0.15, 0.2) is 0 Å². The number of nitro benzene ring substituents is 1. The quantitative estimate of drug-likeness (QED) is 0.550. The first-order valence-electron chi connectivity index (χ1n) is 5.81. The fraction of sp³-hybridized carbons (Fsp3) is 0.143. The maximum absolute atomic E-state index is 10.7. The van der Waals surface area contributed by atoms with Gasteiger partial charge in [-0.3, -0.25) is 10.1 Å². The number of hydrogen-bond acceptors (Lipinski definition) is 3. The van der Waals surface area contributed by atoms with E-state index in [9.17, 15) is 10.1 Å². The van der Waals surface area contributed by atoms with E-state index in [-0.39, 0.29) is 5.69 Å². The van der Waals surface area contributed by atoms with E-state index < -0.39 is 4.92 Å². The summed E-state index contributed by atoms with van der Waals surface area (Å²) in [6, 6.07) is 12.1. The molecule has 20 heavy (non-hydrogen) atoms. The minimum atomic E-state index is -0.413. The van der Waals surface area contributed by atoms with Crippen LogP contribution in [-0.4, -0.2) is 4.92 Å². The highest BCUT2D eigenvalue weighted by Crippen LogP contribution is 2.27. The maximum Gasteiger partial charge on any atom is 0.269 e. The van der Waals surface area contributed by atoms with Crippen LogP contribution in [0.3, 0.4) is 0 Å². The predicted molar refractivity (Wildman–Crippen MR) is 84.6 cm³/mol. The fourth-order valence-corrected chi connectivity index (χ4v) is 3.02. The topological polar surface area (TPSA) is 43.1 Å². The molecule has 0 bridgehead atoms. The zero-order valence-corrected chi connectivity index (χ0v) is 12.7. The van der Waals surface area contributed by atoms with Crippen LogP contribution in [0, 0.1) is 10.1 Å². The number of rotatable bonds is 5. The van der Waals surface area contributed by atoms with Crippen LogP contribution in [0.5, 0.6) is 0 Å². The van der Waals surface area contributed by atoms with Crippen molar-refractivity contribution >= 4 is 40.7 Å². The second-order valence-electron chi connectivity index (χ2n) is 4.15. The number of thioether (sulfide) groups is 1. The normalized spacial score (nSPS) is 10.5. The van der Waals surface area contributed by atoms with Crippen molar-refractivity contribution in [3.8, 4) is 0 Å². The van der Waals surface area contributed by atoms with Gasteiger partial charge in [0.25, 0.3) is 5.69 Å². The number of nitrogens with zero attached hydrogens (tertiary/aromatic N) is 1. The first kappa shape index (κ1) is 15.2. The first-order valence-corrected chi connectivity index (χ1v) is 7.72. The molecule has 0 aliphatic rings. The third kappa shape index (κ3) is 4.13. The van der Waals surface area contributed by atoms with Crippen molar-refractivity contribution in [1.82, 2.24) is 0 Å². The molecule has 0 saturated carbocycles. The van der Waals surface area contributed by atoms with E-state index in [0.29, 0.717) is 15.8 Å². The van der Waals surface area contributed by atoms with Crippen LogP contribution < -0.4 is 0 Å². The lowest BCUT2D eigenvalue weighted by molar-refractivity contribution is -0.384. The van der Waals surface area contributed by atoms with Crippen molar-refractivity contribution in [3.05, 3.63) is 73.8 Å². The van der Waals surface area contributed by atoms with Gasteiger partial charge in [0.1, 0.15) is 0 Å². The van der Waals surface area contributed by atoms with E-state index in [1.165, 1.54) is 12.1 Å². The van der Waals surface area contributed by atoms with Crippen LogP contribution in [0.25, 0.3) is 0 Å². The Morgan fingerprint density at radius 2 is 1.75 bits per heavy atom. The molecule has 0 saturated heterocycles. The van der Waals surface area contributed by atoms with Gasteiger partial charge in [-0.2, -0.15) is 11.8 Å². The summed E-state index contributed by atoms with van der Waals surface area (Å²) in [7, 11) is 0. The van der Waals surface area contributed by atoms with Gasteiger partial charge in [-0.25, -0.2) is 0 Å². The molecule has 0 fully saturated rings. The van der Waals surface area contributed by atoms with Gasteiger partial charge >= 0.3 is 0 Å². The summed E-state index contributed by atoms with van der Waals surface area (Å²) >= 11 is 13.5. The van der Waals surface area contributed by atoms with Crippen LogP contribution in [0.15, 0.2) is 42.5 Å². The van der Waals surface area contributed by atoms with E-state index >= 15 is 0 Å². The molecule has 0 unspecified atom stereocenters. The van der Waals surface area contributed by atoms with Crippen LogP contribution >= 0.6 is 35.0 Å². The number of nitro groups is 1. The summed E-state index contributed by atoms with van der Waals surface area (Å²) in [6.45, 7) is 0. The Labute approximate surface area is 131 Å². The van der Waals surface area contributed by atoms with Crippen LogP contribution in [0.2, 0.25) is 10.0 Å².